The van der Waals surface area contributed by atoms with Crippen molar-refractivity contribution in [3.63, 3.8) is 0 Å². The van der Waals surface area contributed by atoms with Crippen LogP contribution in [0, 0.1) is 28.9 Å². The number of carboxylic acids is 1. The lowest BCUT2D eigenvalue weighted by Crippen LogP contribution is -2.45. The number of rotatable bonds is 6. The number of hydrogen-bond acceptors (Lipinski definition) is 1. The van der Waals surface area contributed by atoms with E-state index >= 15 is 0 Å². The molecule has 2 aromatic carbocycles. The molecule has 1 N–H and O–H groups in total. The van der Waals surface area contributed by atoms with Gasteiger partial charge in [-0.1, -0.05) is 69.0 Å². The Morgan fingerprint density at radius 3 is 2.00 bits per heavy atom. The molecule has 2 fully saturated rings. The summed E-state index contributed by atoms with van der Waals surface area (Å²) < 4.78 is 29.7. The monoisotopic (exact) mass is 440 g/mol. The Kier molecular flexibility index (Phi) is 6.97. The van der Waals surface area contributed by atoms with Crippen LogP contribution in [0.2, 0.25) is 0 Å². The summed E-state index contributed by atoms with van der Waals surface area (Å²) in [4.78, 5) is 12.8. The predicted molar refractivity (Wildman–Crippen MR) is 123 cm³/mol. The van der Waals surface area contributed by atoms with Gasteiger partial charge in [-0.3, -0.25) is 4.79 Å². The van der Waals surface area contributed by atoms with Gasteiger partial charge < -0.3 is 5.11 Å². The third-order valence-electron chi connectivity index (χ3n) is 8.33. The highest BCUT2D eigenvalue weighted by Crippen LogP contribution is 2.57. The van der Waals surface area contributed by atoms with Gasteiger partial charge in [0.25, 0.3) is 0 Å². The molecule has 4 rings (SSSR count). The van der Waals surface area contributed by atoms with Gasteiger partial charge in [-0.15, -0.1) is 0 Å². The highest BCUT2D eigenvalue weighted by molar-refractivity contribution is 5.75. The second kappa shape index (κ2) is 9.72. The number of benzene rings is 2. The molecule has 2 aliphatic carbocycles. The average Bonchev–Trinajstić information content (AvgIpc) is 2.80. The van der Waals surface area contributed by atoms with Crippen LogP contribution in [0.15, 0.2) is 48.5 Å². The van der Waals surface area contributed by atoms with Gasteiger partial charge in [0.2, 0.25) is 0 Å². The predicted octanol–water partition coefficient (Wildman–Crippen LogP) is 7.69. The molecule has 0 amide bonds. The van der Waals surface area contributed by atoms with E-state index in [0.29, 0.717) is 36.3 Å². The van der Waals surface area contributed by atoms with Crippen molar-refractivity contribution in [1.82, 2.24) is 0 Å². The zero-order valence-corrected chi connectivity index (χ0v) is 18.9. The number of aliphatic carboxylic acids is 1. The van der Waals surface area contributed by atoms with Crippen LogP contribution >= 0.6 is 0 Å². The molecule has 0 aliphatic heterocycles. The van der Waals surface area contributed by atoms with Gasteiger partial charge in [0, 0.05) is 0 Å². The lowest BCUT2D eigenvalue weighted by molar-refractivity contribution is -0.158. The lowest BCUT2D eigenvalue weighted by atomic mass is 9.54. The van der Waals surface area contributed by atoms with E-state index in [1.807, 2.05) is 6.07 Å². The van der Waals surface area contributed by atoms with Gasteiger partial charge in [-0.05, 0) is 79.0 Å². The first-order valence-electron chi connectivity index (χ1n) is 12.2. The quantitative estimate of drug-likeness (QED) is 0.500. The maximum absolute atomic E-state index is 15.0. The number of carboxylic acid groups (broad SMARTS) is 1. The van der Waals surface area contributed by atoms with Crippen LogP contribution in [0.25, 0.3) is 0 Å². The molecule has 0 bridgehead atoms. The minimum Gasteiger partial charge on any atom is -0.481 e. The Morgan fingerprint density at radius 1 is 0.906 bits per heavy atom. The van der Waals surface area contributed by atoms with Crippen molar-refractivity contribution < 1.29 is 18.7 Å². The summed E-state index contributed by atoms with van der Waals surface area (Å²) in [5.74, 6) is -1.16. The zero-order chi connectivity index (χ0) is 22.7. The molecule has 0 saturated heterocycles. The summed E-state index contributed by atoms with van der Waals surface area (Å²) in [5.41, 5.74) is 0.225. The number of hydrogen-bond donors (Lipinski definition) is 1. The highest BCUT2D eigenvalue weighted by atomic mass is 19.1. The molecule has 4 heteroatoms. The summed E-state index contributed by atoms with van der Waals surface area (Å²) in [6.07, 6.45) is 7.82. The molecule has 32 heavy (non-hydrogen) atoms. The molecule has 2 saturated carbocycles. The summed E-state index contributed by atoms with van der Waals surface area (Å²) in [6.45, 7) is 2.20. The van der Waals surface area contributed by atoms with Crippen molar-refractivity contribution in [3.05, 3.63) is 71.3 Å². The minimum absolute atomic E-state index is 0.101. The normalized spacial score (nSPS) is 30.7. The van der Waals surface area contributed by atoms with Crippen LogP contribution in [0.3, 0.4) is 0 Å². The standard InChI is InChI=1S/C28H34F2O2/c1-2-7-19-12-14-20(15-13-19)28(27(31)32)17-16-21(22-8-3-5-10-25(22)29)24(18-28)23-9-4-6-11-26(23)30/h3-6,8-11,19-21,24H,2,7,12-18H2,1H3,(H,31,32). The van der Waals surface area contributed by atoms with E-state index in [4.69, 9.17) is 0 Å². The third-order valence-corrected chi connectivity index (χ3v) is 8.33. The molecule has 0 radical (unpaired) electrons. The fraction of sp³-hybridized carbons (Fsp3) is 0.536. The van der Waals surface area contributed by atoms with Crippen molar-refractivity contribution in [2.24, 2.45) is 17.3 Å². The number of halogens is 2. The lowest BCUT2D eigenvalue weighted by Gasteiger charge is -2.48. The summed E-state index contributed by atoms with van der Waals surface area (Å²) in [6, 6.07) is 13.3. The molecule has 0 aromatic heterocycles. The minimum atomic E-state index is -0.869. The molecule has 2 nitrogen and oxygen atoms in total. The maximum Gasteiger partial charge on any atom is 0.309 e. The second-order valence-electron chi connectivity index (χ2n) is 9.97. The van der Waals surface area contributed by atoms with E-state index in [2.05, 4.69) is 6.92 Å². The molecular weight excluding hydrogens is 406 g/mol. The van der Waals surface area contributed by atoms with E-state index in [0.717, 1.165) is 25.7 Å². The molecule has 0 spiro atoms. The Balaban J connectivity index is 1.69. The van der Waals surface area contributed by atoms with Crippen LogP contribution < -0.4 is 0 Å². The zero-order valence-electron chi connectivity index (χ0n) is 18.9. The molecule has 3 unspecified atom stereocenters. The van der Waals surface area contributed by atoms with Crippen LogP contribution in [0.1, 0.15) is 87.7 Å². The molecule has 172 valence electrons. The van der Waals surface area contributed by atoms with Crippen LogP contribution in [0.4, 0.5) is 8.78 Å². The fourth-order valence-corrected chi connectivity index (χ4v) is 6.65. The van der Waals surface area contributed by atoms with Crippen LogP contribution in [0.5, 0.6) is 0 Å². The summed E-state index contributed by atoms with van der Waals surface area (Å²) in [7, 11) is 0. The average molecular weight is 441 g/mol. The Labute approximate surface area is 190 Å². The summed E-state index contributed by atoms with van der Waals surface area (Å²) >= 11 is 0. The molecule has 0 heterocycles. The molecule has 3 atom stereocenters. The third kappa shape index (κ3) is 4.33. The van der Waals surface area contributed by atoms with Crippen molar-refractivity contribution in [3.8, 4) is 0 Å². The van der Waals surface area contributed by atoms with Gasteiger partial charge in [-0.2, -0.15) is 0 Å². The first-order valence-corrected chi connectivity index (χ1v) is 12.2. The Morgan fingerprint density at radius 2 is 1.47 bits per heavy atom. The van der Waals surface area contributed by atoms with Crippen LogP contribution in [-0.4, -0.2) is 11.1 Å². The van der Waals surface area contributed by atoms with Crippen molar-refractivity contribution in [2.45, 2.75) is 76.5 Å². The Bertz CT molecular complexity index is 935. The Hall–Kier alpha value is -2.23. The van der Waals surface area contributed by atoms with E-state index < -0.39 is 11.4 Å². The first-order chi connectivity index (χ1) is 15.5. The van der Waals surface area contributed by atoms with Gasteiger partial charge >= 0.3 is 5.97 Å². The largest absolute Gasteiger partial charge is 0.481 e. The molecule has 2 aromatic rings. The second-order valence-corrected chi connectivity index (χ2v) is 9.97. The summed E-state index contributed by atoms with van der Waals surface area (Å²) in [5, 5.41) is 10.5. The van der Waals surface area contributed by atoms with E-state index in [1.165, 1.54) is 25.0 Å². The maximum atomic E-state index is 15.0. The fourth-order valence-electron chi connectivity index (χ4n) is 6.65. The van der Waals surface area contributed by atoms with Gasteiger partial charge in [0.1, 0.15) is 11.6 Å². The smallest absolute Gasteiger partial charge is 0.309 e. The van der Waals surface area contributed by atoms with E-state index in [1.54, 1.807) is 30.3 Å². The van der Waals surface area contributed by atoms with E-state index in [9.17, 15) is 18.7 Å². The van der Waals surface area contributed by atoms with Crippen molar-refractivity contribution in [1.29, 1.82) is 0 Å². The van der Waals surface area contributed by atoms with E-state index in [-0.39, 0.29) is 29.4 Å². The highest BCUT2D eigenvalue weighted by Gasteiger charge is 2.52. The van der Waals surface area contributed by atoms with Crippen molar-refractivity contribution >= 4 is 5.97 Å². The van der Waals surface area contributed by atoms with Gasteiger partial charge in [0.05, 0.1) is 5.41 Å². The topological polar surface area (TPSA) is 37.3 Å². The number of carbonyl (C=O) groups is 1. The molecule has 2 aliphatic rings. The first kappa shape index (κ1) is 22.9. The van der Waals surface area contributed by atoms with Gasteiger partial charge in [-0.25, -0.2) is 8.78 Å². The van der Waals surface area contributed by atoms with Gasteiger partial charge in [0.15, 0.2) is 0 Å². The van der Waals surface area contributed by atoms with Crippen LogP contribution in [-0.2, 0) is 4.79 Å². The molecular formula is C28H34F2O2. The SMILES string of the molecule is CCCC1CCC(C2(C(=O)O)CCC(c3ccccc3F)C(c3ccccc3F)C2)CC1. The van der Waals surface area contributed by atoms with Crippen molar-refractivity contribution in [2.75, 3.05) is 0 Å².